The third-order valence-electron chi connectivity index (χ3n) is 3.66. The Hall–Kier alpha value is -1.12. The summed E-state index contributed by atoms with van der Waals surface area (Å²) in [6, 6.07) is 10.3. The summed E-state index contributed by atoms with van der Waals surface area (Å²) in [5.41, 5.74) is 1.24. The van der Waals surface area contributed by atoms with E-state index in [4.69, 9.17) is 9.47 Å². The second-order valence-electron chi connectivity index (χ2n) is 5.49. The highest BCUT2D eigenvalue weighted by molar-refractivity contribution is 5.15. The first-order valence-electron chi connectivity index (χ1n) is 8.13. The lowest BCUT2D eigenvalue weighted by Crippen LogP contribution is -2.25. The lowest BCUT2D eigenvalue weighted by Gasteiger charge is -2.23. The van der Waals surface area contributed by atoms with Gasteiger partial charge in [0.1, 0.15) is 0 Å². The number of ether oxygens (including phenoxy) is 2. The zero-order valence-corrected chi connectivity index (χ0v) is 13.6. The van der Waals surface area contributed by atoms with E-state index in [1.54, 1.807) is 7.11 Å². The van der Waals surface area contributed by atoms with Gasteiger partial charge in [-0.2, -0.15) is 0 Å². The summed E-state index contributed by atoms with van der Waals surface area (Å²) in [6.45, 7) is 6.08. The molecule has 118 valence electrons. The molecule has 0 amide bonds. The first-order valence-corrected chi connectivity index (χ1v) is 8.13. The van der Waals surface area contributed by atoms with Gasteiger partial charge in [-0.05, 0) is 18.4 Å². The number of methoxy groups -OCH3 is 1. The molecule has 0 aliphatic carbocycles. The SMILES string of the molecule is C=CCC(CCCCCC)OC(Cc1ccccc1)OC. The maximum atomic E-state index is 6.13. The highest BCUT2D eigenvalue weighted by Crippen LogP contribution is 2.16. The zero-order valence-electron chi connectivity index (χ0n) is 13.6. The molecular weight excluding hydrogens is 260 g/mol. The molecule has 21 heavy (non-hydrogen) atoms. The predicted molar refractivity (Wildman–Crippen MR) is 89.4 cm³/mol. The summed E-state index contributed by atoms with van der Waals surface area (Å²) >= 11 is 0. The second-order valence-corrected chi connectivity index (χ2v) is 5.49. The lowest BCUT2D eigenvalue weighted by atomic mass is 10.1. The molecular formula is C19H30O2. The van der Waals surface area contributed by atoms with Crippen molar-refractivity contribution in [1.82, 2.24) is 0 Å². The summed E-state index contributed by atoms with van der Waals surface area (Å²) in [7, 11) is 1.72. The minimum absolute atomic E-state index is 0.177. The molecule has 1 rings (SSSR count). The van der Waals surface area contributed by atoms with Gasteiger partial charge in [0.25, 0.3) is 0 Å². The normalized spacial score (nSPS) is 13.8. The van der Waals surface area contributed by atoms with Crippen LogP contribution in [-0.2, 0) is 15.9 Å². The molecule has 0 heterocycles. The van der Waals surface area contributed by atoms with Crippen LogP contribution in [0.4, 0.5) is 0 Å². The summed E-state index contributed by atoms with van der Waals surface area (Å²) in [5.74, 6) is 0. The zero-order chi connectivity index (χ0) is 15.3. The fourth-order valence-electron chi connectivity index (χ4n) is 2.43. The average molecular weight is 290 g/mol. The minimum Gasteiger partial charge on any atom is -0.356 e. The van der Waals surface area contributed by atoms with Crippen molar-refractivity contribution in [3.05, 3.63) is 48.6 Å². The van der Waals surface area contributed by atoms with E-state index in [0.717, 1.165) is 19.3 Å². The summed E-state index contributed by atoms with van der Waals surface area (Å²) in [6.07, 6.45) is 9.82. The van der Waals surface area contributed by atoms with Gasteiger partial charge in [-0.25, -0.2) is 0 Å². The van der Waals surface area contributed by atoms with Crippen LogP contribution in [0.5, 0.6) is 0 Å². The van der Waals surface area contributed by atoms with Gasteiger partial charge in [0, 0.05) is 13.5 Å². The van der Waals surface area contributed by atoms with Crippen molar-refractivity contribution in [2.24, 2.45) is 0 Å². The molecule has 2 nitrogen and oxygen atoms in total. The van der Waals surface area contributed by atoms with Gasteiger partial charge in [-0.1, -0.05) is 69.0 Å². The lowest BCUT2D eigenvalue weighted by molar-refractivity contribution is -0.155. The molecule has 0 saturated carbocycles. The Balaban J connectivity index is 2.43. The number of hydrogen-bond acceptors (Lipinski definition) is 2. The van der Waals surface area contributed by atoms with E-state index in [-0.39, 0.29) is 12.4 Å². The Bertz CT molecular complexity index is 361. The Morgan fingerprint density at radius 3 is 2.52 bits per heavy atom. The van der Waals surface area contributed by atoms with Crippen molar-refractivity contribution in [3.63, 3.8) is 0 Å². The second kappa shape index (κ2) is 11.5. The van der Waals surface area contributed by atoms with Gasteiger partial charge in [0.15, 0.2) is 6.29 Å². The molecule has 0 fully saturated rings. The summed E-state index contributed by atoms with van der Waals surface area (Å²) < 4.78 is 11.6. The topological polar surface area (TPSA) is 18.5 Å². The molecule has 2 atom stereocenters. The standard InChI is InChI=1S/C19H30O2/c1-4-6-7-11-15-18(12-5-2)21-19(20-3)16-17-13-9-8-10-14-17/h5,8-10,13-14,18-19H,2,4,6-7,11-12,15-16H2,1,3H3. The van der Waals surface area contributed by atoms with Crippen LogP contribution in [-0.4, -0.2) is 19.5 Å². The van der Waals surface area contributed by atoms with Crippen molar-refractivity contribution < 1.29 is 9.47 Å². The molecule has 1 aromatic rings. The van der Waals surface area contributed by atoms with Crippen molar-refractivity contribution in [3.8, 4) is 0 Å². The molecule has 0 spiro atoms. The Kier molecular flexibility index (Phi) is 9.84. The quantitative estimate of drug-likeness (QED) is 0.302. The van der Waals surface area contributed by atoms with Crippen LogP contribution >= 0.6 is 0 Å². The highest BCUT2D eigenvalue weighted by atomic mass is 16.7. The minimum atomic E-state index is -0.177. The average Bonchev–Trinajstić information content (AvgIpc) is 2.52. The molecule has 0 N–H and O–H groups in total. The summed E-state index contributed by atoms with van der Waals surface area (Å²) in [4.78, 5) is 0. The molecule has 0 saturated heterocycles. The molecule has 0 bridgehead atoms. The Morgan fingerprint density at radius 1 is 1.14 bits per heavy atom. The van der Waals surface area contributed by atoms with Gasteiger partial charge < -0.3 is 9.47 Å². The molecule has 2 heteroatoms. The van der Waals surface area contributed by atoms with E-state index in [0.29, 0.717) is 0 Å². The van der Waals surface area contributed by atoms with Gasteiger partial charge in [-0.3, -0.25) is 0 Å². The predicted octanol–water partition coefficient (Wildman–Crippen LogP) is 5.13. The molecule has 0 aliphatic rings. The van der Waals surface area contributed by atoms with Crippen LogP contribution in [0.2, 0.25) is 0 Å². The maximum absolute atomic E-state index is 6.13. The Morgan fingerprint density at radius 2 is 1.90 bits per heavy atom. The number of benzene rings is 1. The van der Waals surface area contributed by atoms with Crippen molar-refractivity contribution in [1.29, 1.82) is 0 Å². The third kappa shape index (κ3) is 8.03. The molecule has 0 aromatic heterocycles. The number of rotatable bonds is 12. The smallest absolute Gasteiger partial charge is 0.161 e. The van der Waals surface area contributed by atoms with Crippen LogP contribution < -0.4 is 0 Å². The van der Waals surface area contributed by atoms with E-state index in [1.165, 1.54) is 31.2 Å². The molecule has 0 aliphatic heterocycles. The van der Waals surface area contributed by atoms with Gasteiger partial charge in [-0.15, -0.1) is 6.58 Å². The van der Waals surface area contributed by atoms with E-state index >= 15 is 0 Å². The number of hydrogen-bond donors (Lipinski definition) is 0. The highest BCUT2D eigenvalue weighted by Gasteiger charge is 2.15. The van der Waals surface area contributed by atoms with E-state index in [9.17, 15) is 0 Å². The first-order chi connectivity index (χ1) is 10.3. The molecule has 2 unspecified atom stereocenters. The fourth-order valence-corrected chi connectivity index (χ4v) is 2.43. The first kappa shape index (κ1) is 17.9. The van der Waals surface area contributed by atoms with Crippen LogP contribution in [0.25, 0.3) is 0 Å². The monoisotopic (exact) mass is 290 g/mol. The molecule has 0 radical (unpaired) electrons. The number of unbranched alkanes of at least 4 members (excludes halogenated alkanes) is 3. The van der Waals surface area contributed by atoms with Gasteiger partial charge >= 0.3 is 0 Å². The van der Waals surface area contributed by atoms with Crippen LogP contribution in [0.3, 0.4) is 0 Å². The fraction of sp³-hybridized carbons (Fsp3) is 0.579. The van der Waals surface area contributed by atoms with Gasteiger partial charge in [0.2, 0.25) is 0 Å². The van der Waals surface area contributed by atoms with E-state index < -0.39 is 0 Å². The van der Waals surface area contributed by atoms with Crippen LogP contribution in [0, 0.1) is 0 Å². The van der Waals surface area contributed by atoms with Crippen molar-refractivity contribution in [2.45, 2.75) is 64.3 Å². The van der Waals surface area contributed by atoms with Gasteiger partial charge in [0.05, 0.1) is 6.10 Å². The maximum Gasteiger partial charge on any atom is 0.161 e. The van der Waals surface area contributed by atoms with Crippen LogP contribution in [0.15, 0.2) is 43.0 Å². The van der Waals surface area contributed by atoms with Crippen molar-refractivity contribution in [2.75, 3.05) is 7.11 Å². The Labute approximate surface area is 130 Å². The van der Waals surface area contributed by atoms with Crippen LogP contribution in [0.1, 0.15) is 51.0 Å². The van der Waals surface area contributed by atoms with E-state index in [2.05, 4.69) is 25.6 Å². The molecule has 1 aromatic carbocycles. The third-order valence-corrected chi connectivity index (χ3v) is 3.66. The largest absolute Gasteiger partial charge is 0.356 e. The summed E-state index contributed by atoms with van der Waals surface area (Å²) in [5, 5.41) is 0. The van der Waals surface area contributed by atoms with Crippen molar-refractivity contribution >= 4 is 0 Å². The van der Waals surface area contributed by atoms with E-state index in [1.807, 2.05) is 24.3 Å².